The van der Waals surface area contributed by atoms with E-state index in [1.54, 1.807) is 6.07 Å². The standard InChI is InChI=1S/C30H34FNO2/c1-3-29(33)34-30(16-19-32(20-17-30)18-15-24-9-5-4-6-10-24)27-12-8-7-11-25(27)22-26-14-13-23(2)21-28(26)31/h4-14,21H,3,15-20,22H2,1-2H3. The van der Waals surface area contributed by atoms with Gasteiger partial charge in [-0.25, -0.2) is 4.39 Å². The van der Waals surface area contributed by atoms with Crippen LogP contribution in [0.15, 0.2) is 72.8 Å². The summed E-state index contributed by atoms with van der Waals surface area (Å²) in [7, 11) is 0. The Morgan fingerprint density at radius 3 is 2.38 bits per heavy atom. The molecule has 1 aliphatic rings. The molecule has 1 heterocycles. The average Bonchev–Trinajstić information content (AvgIpc) is 2.86. The molecule has 4 heteroatoms. The average molecular weight is 460 g/mol. The molecule has 0 saturated carbocycles. The number of halogens is 1. The third kappa shape index (κ3) is 5.74. The maximum absolute atomic E-state index is 14.7. The van der Waals surface area contributed by atoms with Crippen molar-refractivity contribution in [1.82, 2.24) is 4.90 Å². The first-order valence-electron chi connectivity index (χ1n) is 12.3. The summed E-state index contributed by atoms with van der Waals surface area (Å²) in [5.41, 5.74) is 4.27. The lowest BCUT2D eigenvalue weighted by Gasteiger charge is -2.42. The number of nitrogens with zero attached hydrogens (tertiary/aromatic N) is 1. The van der Waals surface area contributed by atoms with Gasteiger partial charge in [-0.3, -0.25) is 4.79 Å². The van der Waals surface area contributed by atoms with Crippen molar-refractivity contribution >= 4 is 5.97 Å². The zero-order valence-electron chi connectivity index (χ0n) is 20.2. The molecule has 4 rings (SSSR count). The van der Waals surface area contributed by atoms with E-state index in [1.165, 1.54) is 5.56 Å². The highest BCUT2D eigenvalue weighted by atomic mass is 19.1. The zero-order valence-corrected chi connectivity index (χ0v) is 20.2. The lowest BCUT2D eigenvalue weighted by Crippen LogP contribution is -2.46. The fraction of sp³-hybridized carbons (Fsp3) is 0.367. The third-order valence-corrected chi connectivity index (χ3v) is 6.92. The van der Waals surface area contributed by atoms with Crippen molar-refractivity contribution in [2.45, 2.75) is 51.6 Å². The van der Waals surface area contributed by atoms with Crippen LogP contribution < -0.4 is 0 Å². The number of carbonyl (C=O) groups is 1. The van der Waals surface area contributed by atoms with Crippen molar-refractivity contribution in [1.29, 1.82) is 0 Å². The van der Waals surface area contributed by atoms with E-state index in [1.807, 2.05) is 50.2 Å². The molecule has 1 aliphatic heterocycles. The molecule has 1 saturated heterocycles. The van der Waals surface area contributed by atoms with Crippen LogP contribution in [0.25, 0.3) is 0 Å². The second kappa shape index (κ2) is 11.0. The maximum atomic E-state index is 14.7. The molecule has 178 valence electrons. The van der Waals surface area contributed by atoms with Crippen molar-refractivity contribution < 1.29 is 13.9 Å². The van der Waals surface area contributed by atoms with Crippen molar-refractivity contribution in [3.8, 4) is 0 Å². The van der Waals surface area contributed by atoms with Crippen LogP contribution in [0.1, 0.15) is 54.0 Å². The van der Waals surface area contributed by atoms with Gasteiger partial charge in [0.1, 0.15) is 11.4 Å². The highest BCUT2D eigenvalue weighted by Crippen LogP contribution is 2.40. The van der Waals surface area contributed by atoms with Gasteiger partial charge in [0.15, 0.2) is 0 Å². The number of hydrogen-bond donors (Lipinski definition) is 0. The van der Waals surface area contributed by atoms with E-state index in [-0.39, 0.29) is 11.8 Å². The summed E-state index contributed by atoms with van der Waals surface area (Å²) in [5.74, 6) is -0.376. The Kier molecular flexibility index (Phi) is 7.79. The molecule has 0 N–H and O–H groups in total. The fourth-order valence-electron chi connectivity index (χ4n) is 4.91. The van der Waals surface area contributed by atoms with Crippen LogP contribution in [0.3, 0.4) is 0 Å². The van der Waals surface area contributed by atoms with Crippen LogP contribution in [0.2, 0.25) is 0 Å². The van der Waals surface area contributed by atoms with E-state index >= 15 is 0 Å². The molecule has 0 unspecified atom stereocenters. The minimum Gasteiger partial charge on any atom is -0.454 e. The van der Waals surface area contributed by atoms with Gasteiger partial charge in [0.05, 0.1) is 0 Å². The molecule has 0 bridgehead atoms. The number of likely N-dealkylation sites (tertiary alicyclic amines) is 1. The fourth-order valence-corrected chi connectivity index (χ4v) is 4.91. The van der Waals surface area contributed by atoms with Gasteiger partial charge >= 0.3 is 5.97 Å². The van der Waals surface area contributed by atoms with Gasteiger partial charge in [-0.1, -0.05) is 73.7 Å². The minimum absolute atomic E-state index is 0.186. The zero-order chi connectivity index (χ0) is 24.0. The predicted molar refractivity (Wildman–Crippen MR) is 134 cm³/mol. The van der Waals surface area contributed by atoms with Crippen molar-refractivity contribution in [3.63, 3.8) is 0 Å². The number of rotatable bonds is 8. The highest BCUT2D eigenvalue weighted by molar-refractivity contribution is 5.70. The second-order valence-electron chi connectivity index (χ2n) is 9.33. The van der Waals surface area contributed by atoms with Gasteiger partial charge in [-0.2, -0.15) is 0 Å². The number of carbonyl (C=O) groups excluding carboxylic acids is 1. The topological polar surface area (TPSA) is 29.5 Å². The molecular formula is C30H34FNO2. The Bertz CT molecular complexity index is 1100. The molecule has 0 amide bonds. The quantitative estimate of drug-likeness (QED) is 0.375. The summed E-state index contributed by atoms with van der Waals surface area (Å²) >= 11 is 0. The summed E-state index contributed by atoms with van der Waals surface area (Å²) in [5, 5.41) is 0. The highest BCUT2D eigenvalue weighted by Gasteiger charge is 2.41. The number of ether oxygens (including phenoxy) is 1. The number of piperidine rings is 1. The maximum Gasteiger partial charge on any atom is 0.306 e. The molecule has 34 heavy (non-hydrogen) atoms. The number of aryl methyl sites for hydroxylation is 1. The van der Waals surface area contributed by atoms with Gasteiger partial charge in [-0.05, 0) is 47.2 Å². The molecule has 0 aliphatic carbocycles. The SMILES string of the molecule is CCC(=O)OC1(c2ccccc2Cc2ccc(C)cc2F)CCN(CCc2ccccc2)CC1. The van der Waals surface area contributed by atoms with Gasteiger partial charge in [0.2, 0.25) is 0 Å². The lowest BCUT2D eigenvalue weighted by atomic mass is 9.80. The smallest absolute Gasteiger partial charge is 0.306 e. The Balaban J connectivity index is 1.55. The van der Waals surface area contributed by atoms with E-state index in [9.17, 15) is 9.18 Å². The number of benzene rings is 3. The van der Waals surface area contributed by atoms with Crippen LogP contribution >= 0.6 is 0 Å². The minimum atomic E-state index is -0.673. The first-order valence-corrected chi connectivity index (χ1v) is 12.3. The van der Waals surface area contributed by atoms with Crippen molar-refractivity contribution in [2.24, 2.45) is 0 Å². The summed E-state index contributed by atoms with van der Waals surface area (Å²) in [6.07, 6.45) is 3.30. The van der Waals surface area contributed by atoms with Gasteiger partial charge in [0.25, 0.3) is 0 Å². The molecular weight excluding hydrogens is 425 g/mol. The predicted octanol–water partition coefficient (Wildman–Crippen LogP) is 6.21. The second-order valence-corrected chi connectivity index (χ2v) is 9.33. The summed E-state index contributed by atoms with van der Waals surface area (Å²) in [4.78, 5) is 15.0. The largest absolute Gasteiger partial charge is 0.454 e. The molecule has 0 atom stereocenters. The van der Waals surface area contributed by atoms with E-state index in [4.69, 9.17) is 4.74 Å². The van der Waals surface area contributed by atoms with E-state index in [0.717, 1.165) is 55.6 Å². The molecule has 1 fully saturated rings. The first-order chi connectivity index (χ1) is 16.5. The first kappa shape index (κ1) is 24.2. The summed E-state index contributed by atoms with van der Waals surface area (Å²) in [6, 6.07) is 24.0. The summed E-state index contributed by atoms with van der Waals surface area (Å²) < 4.78 is 20.8. The van der Waals surface area contributed by atoms with Gasteiger partial charge in [0, 0.05) is 45.3 Å². The molecule has 0 radical (unpaired) electrons. The van der Waals surface area contributed by atoms with Crippen molar-refractivity contribution in [2.75, 3.05) is 19.6 Å². The lowest BCUT2D eigenvalue weighted by molar-refractivity contribution is -0.166. The Morgan fingerprint density at radius 2 is 1.68 bits per heavy atom. The van der Waals surface area contributed by atoms with Crippen molar-refractivity contribution in [3.05, 3.63) is 106 Å². The Hall–Kier alpha value is -2.98. The number of hydrogen-bond acceptors (Lipinski definition) is 3. The van der Waals surface area contributed by atoms with E-state index in [2.05, 4.69) is 35.2 Å². The van der Waals surface area contributed by atoms with Crippen LogP contribution in [0.5, 0.6) is 0 Å². The molecule has 0 spiro atoms. The van der Waals surface area contributed by atoms with E-state index in [0.29, 0.717) is 18.4 Å². The Labute approximate surface area is 202 Å². The molecule has 3 aromatic carbocycles. The van der Waals surface area contributed by atoms with Crippen LogP contribution in [0.4, 0.5) is 4.39 Å². The van der Waals surface area contributed by atoms with Crippen LogP contribution in [-0.4, -0.2) is 30.5 Å². The summed E-state index contributed by atoms with van der Waals surface area (Å²) in [6.45, 7) is 6.43. The molecule has 0 aromatic heterocycles. The van der Waals surface area contributed by atoms with Crippen LogP contribution in [0, 0.1) is 12.7 Å². The van der Waals surface area contributed by atoms with E-state index < -0.39 is 5.60 Å². The molecule has 3 aromatic rings. The normalized spacial score (nSPS) is 15.7. The van der Waals surface area contributed by atoms with Gasteiger partial charge in [-0.15, -0.1) is 0 Å². The third-order valence-electron chi connectivity index (χ3n) is 6.92. The Morgan fingerprint density at radius 1 is 0.971 bits per heavy atom. The van der Waals surface area contributed by atoms with Crippen LogP contribution in [-0.2, 0) is 28.0 Å². The monoisotopic (exact) mass is 459 g/mol. The van der Waals surface area contributed by atoms with Gasteiger partial charge < -0.3 is 9.64 Å². The number of esters is 1. The molecule has 3 nitrogen and oxygen atoms in total.